The summed E-state index contributed by atoms with van der Waals surface area (Å²) in [5.74, 6) is -0.389. The number of hydrogen-bond donors (Lipinski definition) is 2. The summed E-state index contributed by atoms with van der Waals surface area (Å²) < 4.78 is 0. The molecule has 1 heterocycles. The summed E-state index contributed by atoms with van der Waals surface area (Å²) in [6.07, 6.45) is 1.76. The molecule has 0 aliphatic heterocycles. The van der Waals surface area contributed by atoms with Crippen molar-refractivity contribution in [2.45, 2.75) is 12.1 Å². The average Bonchev–Trinajstić information content (AvgIpc) is 2.02. The molecule has 1 aromatic heterocycles. The maximum absolute atomic E-state index is 11.3. The third-order valence-corrected chi connectivity index (χ3v) is 2.05. The van der Waals surface area contributed by atoms with E-state index >= 15 is 0 Å². The van der Waals surface area contributed by atoms with Gasteiger partial charge in [-0.05, 0) is 13.2 Å². The third-order valence-electron chi connectivity index (χ3n) is 1.47. The van der Waals surface area contributed by atoms with Crippen molar-refractivity contribution in [3.63, 3.8) is 0 Å². The number of hydrogen-bond acceptors (Lipinski definition) is 5. The van der Waals surface area contributed by atoms with Crippen molar-refractivity contribution in [2.75, 3.05) is 12.0 Å². The fourth-order valence-corrected chi connectivity index (χ4v) is 1.29. The Hall–Kier alpha value is -1.30. The van der Waals surface area contributed by atoms with E-state index in [0.717, 1.165) is 0 Å². The first-order chi connectivity index (χ1) is 6.06. The number of Topliss-reactive ketones (excluding diaryl/α,β-unsaturated/α-hetero) is 1. The Labute approximate surface area is 78.8 Å². The number of nitrogens with two attached hydrogens (primary N) is 1. The second-order valence-corrected chi connectivity index (χ2v) is 3.19. The molecule has 0 saturated carbocycles. The molecule has 3 N–H and O–H groups in total. The Bertz CT molecular complexity index is 399. The van der Waals surface area contributed by atoms with Gasteiger partial charge in [0, 0.05) is 0 Å². The molecule has 0 unspecified atom stereocenters. The van der Waals surface area contributed by atoms with Crippen molar-refractivity contribution in [3.8, 4) is 0 Å². The number of nitrogens with one attached hydrogen (secondary N) is 1. The van der Waals surface area contributed by atoms with Crippen LogP contribution in [0.3, 0.4) is 0 Å². The molecular formula is C7H9N3O2S. The quantitative estimate of drug-likeness (QED) is 0.405. The number of carbonyl (C=O) groups excluding carboxylic acids is 1. The predicted molar refractivity (Wildman–Crippen MR) is 51.1 cm³/mol. The van der Waals surface area contributed by atoms with Crippen LogP contribution in [-0.4, -0.2) is 22.0 Å². The fourth-order valence-electron chi connectivity index (χ4n) is 0.906. The number of rotatable bonds is 2. The lowest BCUT2D eigenvalue weighted by atomic mass is 10.2. The summed E-state index contributed by atoms with van der Waals surface area (Å²) in [6.45, 7) is 1.28. The second kappa shape index (κ2) is 3.61. The summed E-state index contributed by atoms with van der Waals surface area (Å²) in [5, 5.41) is 0.410. The maximum Gasteiger partial charge on any atom is 0.264 e. The minimum Gasteiger partial charge on any atom is -0.383 e. The van der Waals surface area contributed by atoms with Gasteiger partial charge in [0.25, 0.3) is 5.56 Å². The van der Waals surface area contributed by atoms with Gasteiger partial charge in [0.05, 0.1) is 0 Å². The lowest BCUT2D eigenvalue weighted by Gasteiger charge is -2.01. The molecule has 0 amide bonds. The predicted octanol–water partition coefficient (Wildman–Crippen LogP) is 0.277. The SMILES string of the molecule is CSc1nc(N)c(C(C)=O)c(=O)[nH]1. The summed E-state index contributed by atoms with van der Waals surface area (Å²) >= 11 is 1.26. The molecule has 1 aromatic rings. The highest BCUT2D eigenvalue weighted by atomic mass is 32.2. The van der Waals surface area contributed by atoms with Crippen LogP contribution in [0.15, 0.2) is 9.95 Å². The van der Waals surface area contributed by atoms with Gasteiger partial charge in [-0.2, -0.15) is 0 Å². The van der Waals surface area contributed by atoms with E-state index in [9.17, 15) is 9.59 Å². The standard InChI is InChI=1S/C7H9N3O2S/c1-3(11)4-5(8)9-7(13-2)10-6(4)12/h1-2H3,(H3,8,9,10,12). The number of thioether (sulfide) groups is 1. The summed E-state index contributed by atoms with van der Waals surface area (Å²) in [7, 11) is 0. The van der Waals surface area contributed by atoms with Crippen molar-refractivity contribution in [2.24, 2.45) is 0 Å². The van der Waals surface area contributed by atoms with E-state index in [4.69, 9.17) is 5.73 Å². The number of nitrogen functional groups attached to an aromatic ring is 1. The third kappa shape index (κ3) is 1.89. The van der Waals surface area contributed by atoms with Crippen LogP contribution in [0, 0.1) is 0 Å². The first kappa shape index (κ1) is 9.79. The van der Waals surface area contributed by atoms with Gasteiger partial charge in [-0.3, -0.25) is 9.59 Å². The Morgan fingerprint density at radius 1 is 1.62 bits per heavy atom. The lowest BCUT2D eigenvalue weighted by molar-refractivity contribution is 0.101. The molecule has 0 atom stereocenters. The van der Waals surface area contributed by atoms with Gasteiger partial charge in [-0.15, -0.1) is 0 Å². The van der Waals surface area contributed by atoms with Crippen LogP contribution < -0.4 is 11.3 Å². The molecule has 0 aliphatic rings. The van der Waals surface area contributed by atoms with E-state index in [0.29, 0.717) is 5.16 Å². The van der Waals surface area contributed by atoms with Crippen molar-refractivity contribution < 1.29 is 4.79 Å². The van der Waals surface area contributed by atoms with Gasteiger partial charge in [-0.1, -0.05) is 11.8 Å². The van der Waals surface area contributed by atoms with Crippen LogP contribution in [0.2, 0.25) is 0 Å². The second-order valence-electron chi connectivity index (χ2n) is 2.39. The number of carbonyl (C=O) groups is 1. The van der Waals surface area contributed by atoms with E-state index in [1.807, 2.05) is 0 Å². The molecular weight excluding hydrogens is 190 g/mol. The fraction of sp³-hybridized carbons (Fsp3) is 0.286. The molecule has 0 aromatic carbocycles. The zero-order valence-corrected chi connectivity index (χ0v) is 8.07. The number of anilines is 1. The Morgan fingerprint density at radius 2 is 2.23 bits per heavy atom. The number of nitrogens with zero attached hydrogens (tertiary/aromatic N) is 1. The van der Waals surface area contributed by atoms with Crippen LogP contribution in [0.1, 0.15) is 17.3 Å². The summed E-state index contributed by atoms with van der Waals surface area (Å²) in [4.78, 5) is 28.5. The number of H-pyrrole nitrogens is 1. The molecule has 70 valence electrons. The zero-order valence-electron chi connectivity index (χ0n) is 7.25. The van der Waals surface area contributed by atoms with Gasteiger partial charge in [0.15, 0.2) is 10.9 Å². The van der Waals surface area contributed by atoms with Gasteiger partial charge < -0.3 is 10.7 Å². The van der Waals surface area contributed by atoms with Crippen LogP contribution in [0.25, 0.3) is 0 Å². The monoisotopic (exact) mass is 199 g/mol. The molecule has 6 heteroatoms. The van der Waals surface area contributed by atoms with E-state index in [1.165, 1.54) is 18.7 Å². The average molecular weight is 199 g/mol. The molecule has 0 fully saturated rings. The lowest BCUT2D eigenvalue weighted by Crippen LogP contribution is -2.20. The first-order valence-electron chi connectivity index (χ1n) is 3.51. The molecule has 0 radical (unpaired) electrons. The molecule has 0 bridgehead atoms. The highest BCUT2D eigenvalue weighted by Crippen LogP contribution is 2.10. The van der Waals surface area contributed by atoms with Crippen molar-refractivity contribution in [1.82, 2.24) is 9.97 Å². The minimum atomic E-state index is -0.482. The van der Waals surface area contributed by atoms with Crippen LogP contribution in [0.5, 0.6) is 0 Å². The van der Waals surface area contributed by atoms with Crippen LogP contribution in [0.4, 0.5) is 5.82 Å². The normalized spacial score (nSPS) is 10.0. The smallest absolute Gasteiger partial charge is 0.264 e. The molecule has 1 rings (SSSR count). The van der Waals surface area contributed by atoms with Gasteiger partial charge in [0.2, 0.25) is 0 Å². The highest BCUT2D eigenvalue weighted by molar-refractivity contribution is 7.98. The van der Waals surface area contributed by atoms with Gasteiger partial charge >= 0.3 is 0 Å². The van der Waals surface area contributed by atoms with Crippen molar-refractivity contribution >= 4 is 23.4 Å². The molecule has 0 saturated heterocycles. The molecule has 13 heavy (non-hydrogen) atoms. The van der Waals surface area contributed by atoms with Crippen molar-refractivity contribution in [1.29, 1.82) is 0 Å². The Balaban J connectivity index is 3.40. The first-order valence-corrected chi connectivity index (χ1v) is 4.73. The summed E-state index contributed by atoms with van der Waals surface area (Å²) in [5.41, 5.74) is 4.88. The van der Waals surface area contributed by atoms with Crippen molar-refractivity contribution in [3.05, 3.63) is 15.9 Å². The van der Waals surface area contributed by atoms with E-state index in [1.54, 1.807) is 6.26 Å². The van der Waals surface area contributed by atoms with Gasteiger partial charge in [-0.25, -0.2) is 4.98 Å². The summed E-state index contributed by atoms with van der Waals surface area (Å²) in [6, 6.07) is 0. The number of ketones is 1. The Kier molecular flexibility index (Phi) is 2.72. The maximum atomic E-state index is 11.3. The van der Waals surface area contributed by atoms with Crippen LogP contribution in [-0.2, 0) is 0 Å². The molecule has 0 spiro atoms. The van der Waals surface area contributed by atoms with E-state index in [2.05, 4.69) is 9.97 Å². The molecule has 5 nitrogen and oxygen atoms in total. The number of aromatic amines is 1. The number of aromatic nitrogens is 2. The van der Waals surface area contributed by atoms with Crippen LogP contribution >= 0.6 is 11.8 Å². The Morgan fingerprint density at radius 3 is 2.62 bits per heavy atom. The van der Waals surface area contributed by atoms with E-state index in [-0.39, 0.29) is 17.2 Å². The van der Waals surface area contributed by atoms with Gasteiger partial charge in [0.1, 0.15) is 11.4 Å². The largest absolute Gasteiger partial charge is 0.383 e. The van der Waals surface area contributed by atoms with E-state index < -0.39 is 5.56 Å². The topological polar surface area (TPSA) is 88.8 Å². The molecule has 0 aliphatic carbocycles. The zero-order chi connectivity index (χ0) is 10.0. The highest BCUT2D eigenvalue weighted by Gasteiger charge is 2.12. The minimum absolute atomic E-state index is 0.0133.